The lowest BCUT2D eigenvalue weighted by Gasteiger charge is -2.20. The van der Waals surface area contributed by atoms with Crippen LogP contribution in [-0.2, 0) is 4.79 Å². The van der Waals surface area contributed by atoms with Gasteiger partial charge in [-0.2, -0.15) is 0 Å². The van der Waals surface area contributed by atoms with Gasteiger partial charge in [0.25, 0.3) is 0 Å². The summed E-state index contributed by atoms with van der Waals surface area (Å²) in [5, 5.41) is 0. The molecular formula is C11H15N3O. The number of aliphatic imine (C=N–C) groups is 1. The number of pyridine rings is 1. The van der Waals surface area contributed by atoms with E-state index >= 15 is 0 Å². The average molecular weight is 205 g/mol. The molecule has 0 unspecified atom stereocenters. The molecule has 0 spiro atoms. The van der Waals surface area contributed by atoms with Crippen molar-refractivity contribution in [3.8, 4) is 0 Å². The number of anilines is 1. The number of nitrogens with zero attached hydrogens (tertiary/aromatic N) is 3. The Morgan fingerprint density at radius 2 is 2.13 bits per heavy atom. The fraction of sp³-hybridized carbons (Fsp3) is 0.455. The Hall–Kier alpha value is -1.67. The first-order valence-corrected chi connectivity index (χ1v) is 5.02. The Morgan fingerprint density at radius 3 is 2.60 bits per heavy atom. The van der Waals surface area contributed by atoms with Crippen LogP contribution in [0.25, 0.3) is 0 Å². The van der Waals surface area contributed by atoms with Gasteiger partial charge >= 0.3 is 0 Å². The molecule has 4 nitrogen and oxygen atoms in total. The summed E-state index contributed by atoms with van der Waals surface area (Å²) in [6.07, 6.45) is 3.23. The van der Waals surface area contributed by atoms with Crippen LogP contribution in [0.15, 0.2) is 17.3 Å². The minimum Gasteiger partial charge on any atom is -0.371 e. The Bertz CT molecular complexity index is 379. The molecule has 4 heteroatoms. The van der Waals surface area contributed by atoms with E-state index in [0.29, 0.717) is 5.82 Å². The van der Waals surface area contributed by atoms with E-state index < -0.39 is 0 Å². The summed E-state index contributed by atoms with van der Waals surface area (Å²) in [4.78, 5) is 19.9. The van der Waals surface area contributed by atoms with Crippen molar-refractivity contribution in [1.29, 1.82) is 0 Å². The van der Waals surface area contributed by atoms with Crippen LogP contribution in [0.1, 0.15) is 19.4 Å². The monoisotopic (exact) mass is 205 g/mol. The lowest BCUT2D eigenvalue weighted by molar-refractivity contribution is 0.565. The second kappa shape index (κ2) is 5.27. The van der Waals surface area contributed by atoms with Gasteiger partial charge in [0.2, 0.25) is 6.08 Å². The Kier molecular flexibility index (Phi) is 4.01. The molecule has 0 aliphatic heterocycles. The second-order valence-corrected chi connectivity index (χ2v) is 3.21. The number of aromatic nitrogens is 1. The Labute approximate surface area is 89.7 Å². The predicted octanol–water partition coefficient (Wildman–Crippen LogP) is 2.20. The van der Waals surface area contributed by atoms with E-state index in [2.05, 4.69) is 28.7 Å². The first kappa shape index (κ1) is 11.4. The maximum absolute atomic E-state index is 10.1. The lowest BCUT2D eigenvalue weighted by Crippen LogP contribution is -2.21. The number of hydrogen-bond donors (Lipinski definition) is 0. The fourth-order valence-electron chi connectivity index (χ4n) is 1.47. The summed E-state index contributed by atoms with van der Waals surface area (Å²) in [5.74, 6) is 0.445. The molecule has 0 amide bonds. The molecule has 0 radical (unpaired) electrons. The standard InChI is InChI=1S/C11H15N3O/c1-4-14(5-2)10-6-9(3)11(12-7-10)13-8-15/h6-7H,4-5H2,1-3H3. The van der Waals surface area contributed by atoms with Crippen molar-refractivity contribution < 1.29 is 4.79 Å². The second-order valence-electron chi connectivity index (χ2n) is 3.21. The van der Waals surface area contributed by atoms with Crippen molar-refractivity contribution in [1.82, 2.24) is 4.98 Å². The number of rotatable bonds is 4. The molecule has 0 saturated heterocycles. The third kappa shape index (κ3) is 2.64. The fourth-order valence-corrected chi connectivity index (χ4v) is 1.47. The molecule has 15 heavy (non-hydrogen) atoms. The van der Waals surface area contributed by atoms with Crippen molar-refractivity contribution >= 4 is 17.6 Å². The van der Waals surface area contributed by atoms with Crippen LogP contribution in [0.2, 0.25) is 0 Å². The molecule has 1 aromatic heterocycles. The highest BCUT2D eigenvalue weighted by molar-refractivity contribution is 5.55. The quantitative estimate of drug-likeness (QED) is 0.559. The summed E-state index contributed by atoms with van der Waals surface area (Å²) in [6.45, 7) is 7.95. The highest BCUT2D eigenvalue weighted by Gasteiger charge is 2.05. The molecule has 1 aromatic rings. The molecule has 1 rings (SSSR count). The highest BCUT2D eigenvalue weighted by atomic mass is 16.1. The summed E-state index contributed by atoms with van der Waals surface area (Å²) in [6, 6.07) is 1.98. The van der Waals surface area contributed by atoms with Gasteiger partial charge in [0.15, 0.2) is 5.82 Å². The molecule has 0 atom stereocenters. The van der Waals surface area contributed by atoms with Crippen molar-refractivity contribution in [2.45, 2.75) is 20.8 Å². The van der Waals surface area contributed by atoms with Gasteiger partial charge in [0.05, 0.1) is 11.9 Å². The minimum atomic E-state index is 0.445. The van der Waals surface area contributed by atoms with Crippen LogP contribution >= 0.6 is 0 Å². The Balaban J connectivity index is 3.04. The number of carbonyl (C=O) groups excluding carboxylic acids is 1. The largest absolute Gasteiger partial charge is 0.371 e. The third-order valence-corrected chi connectivity index (χ3v) is 2.32. The number of aryl methyl sites for hydroxylation is 1. The highest BCUT2D eigenvalue weighted by Crippen LogP contribution is 2.21. The molecule has 0 bridgehead atoms. The normalized spacial score (nSPS) is 9.53. The third-order valence-electron chi connectivity index (χ3n) is 2.32. The van der Waals surface area contributed by atoms with Crippen LogP contribution in [0.4, 0.5) is 11.5 Å². The average Bonchev–Trinajstić information content (AvgIpc) is 2.24. The molecule has 0 aliphatic rings. The van der Waals surface area contributed by atoms with E-state index in [9.17, 15) is 4.79 Å². The first-order valence-electron chi connectivity index (χ1n) is 5.02. The Morgan fingerprint density at radius 1 is 1.47 bits per heavy atom. The van der Waals surface area contributed by atoms with E-state index in [0.717, 1.165) is 24.3 Å². The zero-order chi connectivity index (χ0) is 11.3. The molecule has 0 aliphatic carbocycles. The summed E-state index contributed by atoms with van der Waals surface area (Å²) in [5.41, 5.74) is 1.95. The van der Waals surface area contributed by atoms with Crippen LogP contribution in [0.3, 0.4) is 0 Å². The van der Waals surface area contributed by atoms with Gasteiger partial charge in [-0.25, -0.2) is 9.78 Å². The summed E-state index contributed by atoms with van der Waals surface area (Å²) in [7, 11) is 0. The zero-order valence-electron chi connectivity index (χ0n) is 9.32. The van der Waals surface area contributed by atoms with Crippen LogP contribution < -0.4 is 4.90 Å². The zero-order valence-corrected chi connectivity index (χ0v) is 9.32. The topological polar surface area (TPSA) is 45.6 Å². The van der Waals surface area contributed by atoms with Crippen LogP contribution in [0, 0.1) is 6.92 Å². The molecule has 0 N–H and O–H groups in total. The van der Waals surface area contributed by atoms with Crippen molar-refractivity contribution in [3.05, 3.63) is 17.8 Å². The molecule has 80 valence electrons. The van der Waals surface area contributed by atoms with Crippen LogP contribution in [-0.4, -0.2) is 24.2 Å². The van der Waals surface area contributed by atoms with Gasteiger partial charge in [0.1, 0.15) is 0 Å². The van der Waals surface area contributed by atoms with E-state index in [-0.39, 0.29) is 0 Å². The molecule has 1 heterocycles. The van der Waals surface area contributed by atoms with Crippen LogP contribution in [0.5, 0.6) is 0 Å². The van der Waals surface area contributed by atoms with Crippen molar-refractivity contribution in [2.24, 2.45) is 4.99 Å². The van der Waals surface area contributed by atoms with E-state index in [4.69, 9.17) is 0 Å². The first-order chi connectivity index (χ1) is 7.22. The van der Waals surface area contributed by atoms with E-state index in [1.165, 1.54) is 6.08 Å². The van der Waals surface area contributed by atoms with Gasteiger partial charge in [-0.15, -0.1) is 4.99 Å². The van der Waals surface area contributed by atoms with Gasteiger partial charge < -0.3 is 4.90 Å². The number of hydrogen-bond acceptors (Lipinski definition) is 4. The predicted molar refractivity (Wildman–Crippen MR) is 60.3 cm³/mol. The van der Waals surface area contributed by atoms with Crippen molar-refractivity contribution in [3.63, 3.8) is 0 Å². The van der Waals surface area contributed by atoms with Gasteiger partial charge in [0, 0.05) is 13.1 Å². The van der Waals surface area contributed by atoms with Gasteiger partial charge in [-0.1, -0.05) is 0 Å². The maximum atomic E-state index is 10.1. The van der Waals surface area contributed by atoms with Gasteiger partial charge in [-0.3, -0.25) is 0 Å². The van der Waals surface area contributed by atoms with Crippen molar-refractivity contribution in [2.75, 3.05) is 18.0 Å². The lowest BCUT2D eigenvalue weighted by atomic mass is 10.2. The molecular weight excluding hydrogens is 190 g/mol. The van der Waals surface area contributed by atoms with Gasteiger partial charge in [-0.05, 0) is 32.4 Å². The van der Waals surface area contributed by atoms with E-state index in [1.54, 1.807) is 6.20 Å². The smallest absolute Gasteiger partial charge is 0.242 e. The SMILES string of the molecule is CCN(CC)c1cnc(N=C=O)c(C)c1. The van der Waals surface area contributed by atoms with E-state index in [1.807, 2.05) is 13.0 Å². The summed E-state index contributed by atoms with van der Waals surface area (Å²) >= 11 is 0. The molecule has 0 fully saturated rings. The molecule has 0 saturated carbocycles. The molecule has 0 aromatic carbocycles. The maximum Gasteiger partial charge on any atom is 0.242 e. The number of isocyanates is 1. The minimum absolute atomic E-state index is 0.445. The summed E-state index contributed by atoms with van der Waals surface area (Å²) < 4.78 is 0.